The van der Waals surface area contributed by atoms with Crippen molar-refractivity contribution in [1.82, 2.24) is 9.88 Å². The van der Waals surface area contributed by atoms with E-state index in [-0.39, 0.29) is 17.9 Å². The number of amides is 1. The third-order valence-corrected chi connectivity index (χ3v) is 5.43. The third kappa shape index (κ3) is 3.43. The van der Waals surface area contributed by atoms with Gasteiger partial charge in [0.15, 0.2) is 5.43 Å². The van der Waals surface area contributed by atoms with Crippen LogP contribution in [0.3, 0.4) is 0 Å². The summed E-state index contributed by atoms with van der Waals surface area (Å²) in [4.78, 5) is 30.7. The number of carbonyl (C=O) groups excluding carboxylic acids is 1. The fourth-order valence-electron chi connectivity index (χ4n) is 3.75. The van der Waals surface area contributed by atoms with Crippen molar-refractivity contribution < 1.29 is 9.18 Å². The molecule has 0 saturated heterocycles. The van der Waals surface area contributed by atoms with Crippen molar-refractivity contribution in [2.24, 2.45) is 0 Å². The highest BCUT2D eigenvalue weighted by Crippen LogP contribution is 2.22. The average molecular weight is 379 g/mol. The summed E-state index contributed by atoms with van der Waals surface area (Å²) in [6.45, 7) is 5.30. The number of halogens is 1. The molecular weight excluding hydrogens is 357 g/mol. The van der Waals surface area contributed by atoms with Crippen LogP contribution in [0.4, 0.5) is 10.1 Å². The van der Waals surface area contributed by atoms with E-state index in [1.807, 2.05) is 30.9 Å². The second kappa shape index (κ2) is 7.20. The summed E-state index contributed by atoms with van der Waals surface area (Å²) < 4.78 is 13.3. The lowest BCUT2D eigenvalue weighted by molar-refractivity contribution is -0.117. The molecule has 0 saturated carbocycles. The van der Waals surface area contributed by atoms with Gasteiger partial charge in [-0.05, 0) is 49.2 Å². The summed E-state index contributed by atoms with van der Waals surface area (Å²) in [5, 5.41) is 3.39. The van der Waals surface area contributed by atoms with Gasteiger partial charge < -0.3 is 10.3 Å². The first kappa shape index (κ1) is 18.4. The van der Waals surface area contributed by atoms with Gasteiger partial charge in [0.05, 0.1) is 12.1 Å². The molecule has 0 aliphatic carbocycles. The van der Waals surface area contributed by atoms with E-state index < -0.39 is 5.82 Å². The van der Waals surface area contributed by atoms with Gasteiger partial charge in [0.25, 0.3) is 0 Å². The Balaban J connectivity index is 1.54. The molecule has 0 fully saturated rings. The number of nitrogens with one attached hydrogen (secondary N) is 2. The number of anilines is 1. The fourth-order valence-corrected chi connectivity index (χ4v) is 3.75. The average Bonchev–Trinajstić information content (AvgIpc) is 2.66. The van der Waals surface area contributed by atoms with Gasteiger partial charge in [-0.15, -0.1) is 0 Å². The molecule has 0 bridgehead atoms. The Labute approximate surface area is 162 Å². The lowest BCUT2D eigenvalue weighted by Crippen LogP contribution is -2.39. The second-order valence-electron chi connectivity index (χ2n) is 7.36. The molecule has 0 spiro atoms. The summed E-state index contributed by atoms with van der Waals surface area (Å²) in [6.07, 6.45) is 0.682. The molecule has 1 aromatic heterocycles. The van der Waals surface area contributed by atoms with Gasteiger partial charge in [-0.2, -0.15) is 0 Å². The molecule has 1 aliphatic heterocycles. The first-order valence-corrected chi connectivity index (χ1v) is 9.34. The number of aromatic amines is 1. The SMILES string of the molecule is Cc1ccc2c(=O)c3c([nH]c2c1C)CCN(CC(=O)Nc1cccc(F)c1)C3. The van der Waals surface area contributed by atoms with Crippen LogP contribution in [-0.4, -0.2) is 28.9 Å². The van der Waals surface area contributed by atoms with Crippen molar-refractivity contribution in [3.05, 3.63) is 74.8 Å². The van der Waals surface area contributed by atoms with Gasteiger partial charge >= 0.3 is 0 Å². The van der Waals surface area contributed by atoms with Gasteiger partial charge in [0, 0.05) is 41.8 Å². The zero-order valence-corrected chi connectivity index (χ0v) is 15.9. The number of aromatic nitrogens is 1. The van der Waals surface area contributed by atoms with Crippen molar-refractivity contribution >= 4 is 22.5 Å². The number of aryl methyl sites for hydroxylation is 2. The van der Waals surface area contributed by atoms with E-state index in [2.05, 4.69) is 10.3 Å². The topological polar surface area (TPSA) is 65.2 Å². The number of benzene rings is 2. The molecule has 4 rings (SSSR count). The molecule has 5 nitrogen and oxygen atoms in total. The maximum atomic E-state index is 13.3. The molecule has 1 aliphatic rings. The number of H-pyrrole nitrogens is 1. The standard InChI is InChI=1S/C22H22FN3O2/c1-13-6-7-17-21(14(13)2)25-19-8-9-26(11-18(19)22(17)28)12-20(27)24-16-5-3-4-15(23)10-16/h3-7,10H,8-9,11-12H2,1-2H3,(H,24,27)(H,25,28). The Bertz CT molecular complexity index is 1140. The van der Waals surface area contributed by atoms with Crippen LogP contribution in [0.2, 0.25) is 0 Å². The van der Waals surface area contributed by atoms with E-state index in [9.17, 15) is 14.0 Å². The zero-order chi connectivity index (χ0) is 19.8. The molecule has 2 N–H and O–H groups in total. The highest BCUT2D eigenvalue weighted by molar-refractivity contribution is 5.92. The molecule has 28 heavy (non-hydrogen) atoms. The predicted octanol–water partition coefficient (Wildman–Crippen LogP) is 3.28. The molecule has 0 unspecified atom stereocenters. The number of fused-ring (bicyclic) bond motifs is 2. The van der Waals surface area contributed by atoms with E-state index in [1.54, 1.807) is 12.1 Å². The van der Waals surface area contributed by atoms with Crippen molar-refractivity contribution in [3.63, 3.8) is 0 Å². The van der Waals surface area contributed by atoms with Crippen LogP contribution in [-0.2, 0) is 17.8 Å². The molecule has 144 valence electrons. The number of carbonyl (C=O) groups is 1. The summed E-state index contributed by atoms with van der Waals surface area (Å²) >= 11 is 0. The number of pyridine rings is 1. The monoisotopic (exact) mass is 379 g/mol. The minimum absolute atomic E-state index is 0.0297. The fraction of sp³-hybridized carbons (Fsp3) is 0.273. The summed E-state index contributed by atoms with van der Waals surface area (Å²) in [7, 11) is 0. The van der Waals surface area contributed by atoms with E-state index in [0.29, 0.717) is 30.6 Å². The van der Waals surface area contributed by atoms with E-state index in [1.165, 1.54) is 12.1 Å². The molecule has 2 aromatic carbocycles. The third-order valence-electron chi connectivity index (χ3n) is 5.43. The van der Waals surface area contributed by atoms with Gasteiger partial charge in [-0.3, -0.25) is 14.5 Å². The van der Waals surface area contributed by atoms with Crippen molar-refractivity contribution in [2.45, 2.75) is 26.8 Å². The Morgan fingerprint density at radius 1 is 1.25 bits per heavy atom. The zero-order valence-electron chi connectivity index (χ0n) is 15.9. The molecule has 3 aromatic rings. The minimum Gasteiger partial charge on any atom is -0.358 e. The Morgan fingerprint density at radius 3 is 2.86 bits per heavy atom. The summed E-state index contributed by atoms with van der Waals surface area (Å²) in [5.41, 5.74) is 5.28. The van der Waals surface area contributed by atoms with Gasteiger partial charge in [0.2, 0.25) is 5.91 Å². The van der Waals surface area contributed by atoms with Crippen LogP contribution >= 0.6 is 0 Å². The maximum Gasteiger partial charge on any atom is 0.238 e. The maximum absolute atomic E-state index is 13.3. The van der Waals surface area contributed by atoms with Crippen molar-refractivity contribution in [3.8, 4) is 0 Å². The van der Waals surface area contributed by atoms with Gasteiger partial charge in [-0.25, -0.2) is 4.39 Å². The number of hydrogen-bond acceptors (Lipinski definition) is 3. The first-order valence-electron chi connectivity index (χ1n) is 9.34. The quantitative estimate of drug-likeness (QED) is 0.734. The van der Waals surface area contributed by atoms with Crippen molar-refractivity contribution in [2.75, 3.05) is 18.4 Å². The molecule has 0 radical (unpaired) electrons. The summed E-state index contributed by atoms with van der Waals surface area (Å²) in [5.74, 6) is -0.619. The van der Waals surface area contributed by atoms with Crippen LogP contribution in [0, 0.1) is 19.7 Å². The number of nitrogens with zero attached hydrogens (tertiary/aromatic N) is 1. The van der Waals surface area contributed by atoms with E-state index >= 15 is 0 Å². The van der Waals surface area contributed by atoms with Crippen molar-refractivity contribution in [1.29, 1.82) is 0 Å². The minimum atomic E-state index is -0.395. The van der Waals surface area contributed by atoms with E-state index in [0.717, 1.165) is 27.9 Å². The largest absolute Gasteiger partial charge is 0.358 e. The van der Waals surface area contributed by atoms with Gasteiger partial charge in [0.1, 0.15) is 5.82 Å². The summed E-state index contributed by atoms with van der Waals surface area (Å²) in [6, 6.07) is 9.64. The number of rotatable bonds is 3. The molecule has 1 amide bonds. The molecule has 0 atom stereocenters. The Kier molecular flexibility index (Phi) is 4.73. The molecule has 6 heteroatoms. The normalized spacial score (nSPS) is 14.1. The first-order chi connectivity index (χ1) is 13.4. The smallest absolute Gasteiger partial charge is 0.238 e. The lowest BCUT2D eigenvalue weighted by Gasteiger charge is -2.28. The van der Waals surface area contributed by atoms with Crippen LogP contribution in [0.25, 0.3) is 10.9 Å². The van der Waals surface area contributed by atoms with Crippen LogP contribution in [0.5, 0.6) is 0 Å². The number of hydrogen-bond donors (Lipinski definition) is 2. The lowest BCUT2D eigenvalue weighted by atomic mass is 9.99. The highest BCUT2D eigenvalue weighted by Gasteiger charge is 2.23. The highest BCUT2D eigenvalue weighted by atomic mass is 19.1. The van der Waals surface area contributed by atoms with Crippen LogP contribution in [0.1, 0.15) is 22.4 Å². The second-order valence-corrected chi connectivity index (χ2v) is 7.36. The molecule has 2 heterocycles. The Morgan fingerprint density at radius 2 is 2.07 bits per heavy atom. The molecular formula is C22H22FN3O2. The van der Waals surface area contributed by atoms with E-state index in [4.69, 9.17) is 0 Å². The Hall–Kier alpha value is -2.99. The van der Waals surface area contributed by atoms with Crippen LogP contribution < -0.4 is 10.7 Å². The predicted molar refractivity (Wildman–Crippen MR) is 108 cm³/mol. The van der Waals surface area contributed by atoms with Crippen LogP contribution in [0.15, 0.2) is 41.2 Å². The van der Waals surface area contributed by atoms with Gasteiger partial charge in [-0.1, -0.05) is 12.1 Å².